The third-order valence-corrected chi connectivity index (χ3v) is 14.9. The molecule has 0 spiro atoms. The number of para-hydroxylation sites is 2. The summed E-state index contributed by atoms with van der Waals surface area (Å²) in [6, 6.07) is 60.5. The van der Waals surface area contributed by atoms with E-state index in [9.17, 15) is 5.26 Å². The maximum Gasteiger partial charge on any atom is 0.260 e. The zero-order chi connectivity index (χ0) is 33.0. The molecule has 5 heteroatoms. The molecule has 0 aromatic heterocycles. The highest BCUT2D eigenvalue weighted by Crippen LogP contribution is 2.43. The average molecular weight is 644 g/mol. The van der Waals surface area contributed by atoms with Gasteiger partial charge in [0.1, 0.15) is 29.1 Å². The van der Waals surface area contributed by atoms with Gasteiger partial charge in [-0.2, -0.15) is 5.26 Å². The van der Waals surface area contributed by atoms with E-state index in [1.807, 2.05) is 18.2 Å². The highest BCUT2D eigenvalue weighted by molar-refractivity contribution is 7.20. The third-order valence-electron chi connectivity index (χ3n) is 10.1. The lowest BCUT2D eigenvalue weighted by molar-refractivity contribution is 0.463. The van der Waals surface area contributed by atoms with Gasteiger partial charge >= 0.3 is 0 Å². The van der Waals surface area contributed by atoms with E-state index in [-0.39, 0.29) is 6.71 Å². The first-order chi connectivity index (χ1) is 24.2. The molecule has 0 bridgehead atoms. The van der Waals surface area contributed by atoms with Crippen LogP contribution in [0.1, 0.15) is 11.1 Å². The minimum absolute atomic E-state index is 0.0836. The summed E-state index contributed by atoms with van der Waals surface area (Å²) < 4.78 is 13.5. The Bertz CT molecular complexity index is 2330. The number of hydrogen-bond acceptors (Lipinski definition) is 3. The van der Waals surface area contributed by atoms with E-state index in [0.29, 0.717) is 17.1 Å². The molecule has 2 aliphatic heterocycles. The van der Waals surface area contributed by atoms with Gasteiger partial charge in [0.05, 0.1) is 5.56 Å². The fourth-order valence-electron chi connectivity index (χ4n) is 8.01. The van der Waals surface area contributed by atoms with Crippen LogP contribution in [0.4, 0.5) is 0 Å². The second-order valence-electron chi connectivity index (χ2n) is 12.7. The lowest BCUT2D eigenvalue weighted by Gasteiger charge is -2.36. The first-order valence-corrected chi connectivity index (χ1v) is 18.6. The predicted molar refractivity (Wildman–Crippen MR) is 203 cm³/mol. The van der Waals surface area contributed by atoms with Crippen molar-refractivity contribution in [2.75, 3.05) is 0 Å². The van der Waals surface area contributed by atoms with Crippen LogP contribution in [-0.4, -0.2) is 14.8 Å². The molecule has 7 aromatic rings. The number of aryl methyl sites for hydroxylation is 1. The van der Waals surface area contributed by atoms with Crippen molar-refractivity contribution in [3.63, 3.8) is 0 Å². The topological polar surface area (TPSA) is 42.2 Å². The molecule has 2 heterocycles. The molecule has 0 N–H and O–H groups in total. The second-order valence-corrected chi connectivity index (χ2v) is 16.6. The molecule has 0 fully saturated rings. The van der Waals surface area contributed by atoms with Crippen LogP contribution in [-0.2, 0) is 0 Å². The summed E-state index contributed by atoms with van der Waals surface area (Å²) in [5, 5.41) is 15.9. The van der Waals surface area contributed by atoms with Crippen molar-refractivity contribution < 1.29 is 9.47 Å². The number of rotatable bonds is 5. The van der Waals surface area contributed by atoms with Crippen LogP contribution >= 0.6 is 0 Å². The maximum absolute atomic E-state index is 10.7. The number of nitriles is 1. The minimum Gasteiger partial charge on any atom is -0.458 e. The van der Waals surface area contributed by atoms with Gasteiger partial charge in [-0.1, -0.05) is 152 Å². The molecule has 2 aliphatic rings. The van der Waals surface area contributed by atoms with Gasteiger partial charge in [-0.3, -0.25) is 0 Å². The van der Waals surface area contributed by atoms with Gasteiger partial charge in [0.25, 0.3) is 6.71 Å². The molecule has 0 saturated heterocycles. The summed E-state index contributed by atoms with van der Waals surface area (Å²) in [7, 11) is -2.81. The van der Waals surface area contributed by atoms with E-state index in [2.05, 4.69) is 159 Å². The molecule has 0 unspecified atom stereocenters. The van der Waals surface area contributed by atoms with E-state index in [1.54, 1.807) is 0 Å². The van der Waals surface area contributed by atoms with Crippen molar-refractivity contribution in [2.24, 2.45) is 0 Å². The monoisotopic (exact) mass is 643 g/mol. The summed E-state index contributed by atoms with van der Waals surface area (Å²) in [4.78, 5) is 0. The first-order valence-electron chi connectivity index (χ1n) is 16.6. The number of fused-ring (bicyclic) bond motifs is 4. The van der Waals surface area contributed by atoms with Gasteiger partial charge in [-0.25, -0.2) is 0 Å². The van der Waals surface area contributed by atoms with Crippen LogP contribution in [0.15, 0.2) is 164 Å². The Labute approximate surface area is 287 Å². The Balaban J connectivity index is 1.33. The minimum atomic E-state index is -2.81. The lowest BCUT2D eigenvalue weighted by Crippen LogP contribution is -2.74. The quantitative estimate of drug-likeness (QED) is 0.180. The Morgan fingerprint density at radius 3 is 1.73 bits per heavy atom. The fourth-order valence-corrected chi connectivity index (χ4v) is 12.8. The van der Waals surface area contributed by atoms with Crippen molar-refractivity contribution in [3.8, 4) is 40.2 Å². The molecular weight excluding hydrogens is 613 g/mol. The van der Waals surface area contributed by atoms with Crippen LogP contribution in [0.3, 0.4) is 0 Å². The predicted octanol–water partition coefficient (Wildman–Crippen LogP) is 5.64. The normalized spacial score (nSPS) is 12.4. The number of ether oxygens (including phenoxy) is 2. The first kappa shape index (κ1) is 29.1. The summed E-state index contributed by atoms with van der Waals surface area (Å²) in [5.41, 5.74) is 6.49. The van der Waals surface area contributed by atoms with E-state index in [4.69, 9.17) is 9.47 Å². The zero-order valence-electron chi connectivity index (χ0n) is 26.9. The largest absolute Gasteiger partial charge is 0.458 e. The van der Waals surface area contributed by atoms with Gasteiger partial charge in [0.15, 0.2) is 8.07 Å². The summed E-state index contributed by atoms with van der Waals surface area (Å²) >= 11 is 0. The maximum atomic E-state index is 10.7. The van der Waals surface area contributed by atoms with E-state index < -0.39 is 8.07 Å². The molecule has 0 amide bonds. The summed E-state index contributed by atoms with van der Waals surface area (Å²) in [6.45, 7) is 1.99. The van der Waals surface area contributed by atoms with Gasteiger partial charge in [-0.15, -0.1) is 0 Å². The molecular formula is C44H30BNO2Si. The van der Waals surface area contributed by atoms with Crippen LogP contribution in [0, 0.1) is 18.3 Å². The average Bonchev–Trinajstić information content (AvgIpc) is 3.16. The van der Waals surface area contributed by atoms with Crippen LogP contribution < -0.4 is 46.6 Å². The Kier molecular flexibility index (Phi) is 6.86. The highest BCUT2D eigenvalue weighted by Gasteiger charge is 2.44. The van der Waals surface area contributed by atoms with Gasteiger partial charge in [0, 0.05) is 11.0 Å². The number of hydrogen-bond donors (Lipinski definition) is 0. The highest BCUT2D eigenvalue weighted by atomic mass is 28.3. The summed E-state index contributed by atoms with van der Waals surface area (Å²) in [6.07, 6.45) is 0. The second kappa shape index (κ2) is 11.6. The van der Waals surface area contributed by atoms with Crippen molar-refractivity contribution >= 4 is 51.9 Å². The standard InChI is InChI=1S/C44H30BNO2Si/c1-30-15-13-25-38-43(30)48-40-28-32(29-46)41(44-42(40)45(38)37-24-11-12-26-39(37)47-44)31-16-14-23-36(27-31)49(33-17-5-2-6-18-33,34-19-7-3-8-20-34)35-21-9-4-10-22-35/h2-28H,1H3. The molecule has 0 saturated carbocycles. The van der Waals surface area contributed by atoms with Gasteiger partial charge in [-0.05, 0) is 61.9 Å². The van der Waals surface area contributed by atoms with Gasteiger partial charge in [0.2, 0.25) is 0 Å². The van der Waals surface area contributed by atoms with E-state index in [1.165, 1.54) is 20.7 Å². The smallest absolute Gasteiger partial charge is 0.260 e. The van der Waals surface area contributed by atoms with Crippen molar-refractivity contribution in [1.29, 1.82) is 5.26 Å². The van der Waals surface area contributed by atoms with E-state index in [0.717, 1.165) is 44.6 Å². The SMILES string of the molecule is Cc1cccc2c1Oc1cc(C#N)c(-c3cccc([Si](c4ccccc4)(c4ccccc4)c4ccccc4)c3)c3c1B2c1ccccc1O3. The Morgan fingerprint density at radius 2 is 1.08 bits per heavy atom. The molecule has 49 heavy (non-hydrogen) atoms. The molecule has 0 radical (unpaired) electrons. The van der Waals surface area contributed by atoms with Crippen LogP contribution in [0.2, 0.25) is 0 Å². The molecule has 230 valence electrons. The number of nitrogens with zero attached hydrogens (tertiary/aromatic N) is 1. The third kappa shape index (κ3) is 4.42. The number of benzene rings is 7. The Morgan fingerprint density at radius 1 is 0.531 bits per heavy atom. The Hall–Kier alpha value is -6.09. The molecule has 7 aromatic carbocycles. The van der Waals surface area contributed by atoms with Crippen LogP contribution in [0.25, 0.3) is 11.1 Å². The lowest BCUT2D eigenvalue weighted by atomic mass is 9.34. The zero-order valence-corrected chi connectivity index (χ0v) is 27.9. The van der Waals surface area contributed by atoms with Crippen molar-refractivity contribution in [2.45, 2.75) is 6.92 Å². The van der Waals surface area contributed by atoms with Crippen LogP contribution in [0.5, 0.6) is 23.0 Å². The van der Waals surface area contributed by atoms with E-state index >= 15 is 0 Å². The van der Waals surface area contributed by atoms with Gasteiger partial charge < -0.3 is 9.47 Å². The molecule has 0 atom stereocenters. The molecule has 3 nitrogen and oxygen atoms in total. The molecule has 0 aliphatic carbocycles. The molecule has 9 rings (SSSR count). The van der Waals surface area contributed by atoms with Crippen molar-refractivity contribution in [1.82, 2.24) is 0 Å². The van der Waals surface area contributed by atoms with Crippen molar-refractivity contribution in [3.05, 3.63) is 175 Å². The fraction of sp³-hybridized carbons (Fsp3) is 0.0227. The summed E-state index contributed by atoms with van der Waals surface area (Å²) in [5.74, 6) is 3.02.